The van der Waals surface area contributed by atoms with Gasteiger partial charge in [0.25, 0.3) is 0 Å². The van der Waals surface area contributed by atoms with E-state index in [9.17, 15) is 9.59 Å². The first-order valence-electron chi connectivity index (χ1n) is 7.12. The first kappa shape index (κ1) is 15.5. The Morgan fingerprint density at radius 2 is 2.05 bits per heavy atom. The van der Waals surface area contributed by atoms with Crippen LogP contribution in [-0.2, 0) is 17.8 Å². The molecule has 4 nitrogen and oxygen atoms in total. The van der Waals surface area contributed by atoms with Crippen molar-refractivity contribution in [1.29, 1.82) is 0 Å². The third-order valence-corrected chi connectivity index (χ3v) is 4.23. The molecular weight excluding hydrogens is 284 g/mol. The van der Waals surface area contributed by atoms with Crippen LogP contribution in [0.1, 0.15) is 24.1 Å². The minimum absolute atomic E-state index is 0.000520. The van der Waals surface area contributed by atoms with Crippen LogP contribution in [0.4, 0.5) is 0 Å². The molecule has 2 rings (SSSR count). The summed E-state index contributed by atoms with van der Waals surface area (Å²) in [5.74, 6) is 0.000520. The van der Waals surface area contributed by atoms with Gasteiger partial charge < -0.3 is 9.88 Å². The van der Waals surface area contributed by atoms with Gasteiger partial charge in [0.05, 0.1) is 0 Å². The third-order valence-electron chi connectivity index (χ3n) is 3.35. The van der Waals surface area contributed by atoms with Gasteiger partial charge in [0.15, 0.2) is 0 Å². The molecule has 2 aromatic rings. The minimum atomic E-state index is 0.000520. The summed E-state index contributed by atoms with van der Waals surface area (Å²) in [5, 5.41) is 4.72. The third kappa shape index (κ3) is 4.86. The van der Waals surface area contributed by atoms with Crippen LogP contribution in [-0.4, -0.2) is 17.0 Å². The molecule has 0 aliphatic heterocycles. The molecule has 112 valence electrons. The van der Waals surface area contributed by atoms with Gasteiger partial charge in [0, 0.05) is 30.6 Å². The van der Waals surface area contributed by atoms with Crippen molar-refractivity contribution in [2.24, 2.45) is 0 Å². The van der Waals surface area contributed by atoms with E-state index < -0.39 is 0 Å². The lowest BCUT2D eigenvalue weighted by molar-refractivity contribution is -0.121. The van der Waals surface area contributed by atoms with Gasteiger partial charge in [-0.2, -0.15) is 0 Å². The van der Waals surface area contributed by atoms with Crippen LogP contribution in [0.2, 0.25) is 0 Å². The summed E-state index contributed by atoms with van der Waals surface area (Å²) in [5.41, 5.74) is 2.20. The highest BCUT2D eigenvalue weighted by molar-refractivity contribution is 7.07. The van der Waals surface area contributed by atoms with E-state index in [0.717, 1.165) is 18.5 Å². The molecule has 0 spiro atoms. The monoisotopic (exact) mass is 304 g/mol. The molecule has 1 N–H and O–H groups in total. The molecule has 1 heterocycles. The molecule has 0 aliphatic carbocycles. The smallest absolute Gasteiger partial charge is 0.307 e. The number of hydrogen-bond acceptors (Lipinski definition) is 3. The molecule has 0 bridgehead atoms. The van der Waals surface area contributed by atoms with Crippen LogP contribution >= 0.6 is 11.3 Å². The minimum Gasteiger partial charge on any atom is -0.356 e. The van der Waals surface area contributed by atoms with Gasteiger partial charge in [-0.15, -0.1) is 0 Å². The zero-order valence-corrected chi connectivity index (χ0v) is 13.0. The number of carbonyl (C=O) groups is 1. The van der Waals surface area contributed by atoms with Crippen molar-refractivity contribution in [2.45, 2.75) is 32.7 Å². The second-order valence-electron chi connectivity index (χ2n) is 4.98. The van der Waals surface area contributed by atoms with E-state index in [4.69, 9.17) is 0 Å². The Hall–Kier alpha value is -1.88. The standard InChI is InChI=1S/C16H20N2O2S/c1-13-12-21-16(20)18(13)11-9-15(19)17-10-5-8-14-6-3-2-4-7-14/h2-4,6-7,12H,5,8-11H2,1H3,(H,17,19). The largest absolute Gasteiger partial charge is 0.356 e. The average Bonchev–Trinajstić information content (AvgIpc) is 2.81. The highest BCUT2D eigenvalue weighted by atomic mass is 32.1. The Bertz CT molecular complexity index is 631. The summed E-state index contributed by atoms with van der Waals surface area (Å²) < 4.78 is 1.65. The second-order valence-corrected chi connectivity index (χ2v) is 5.80. The van der Waals surface area contributed by atoms with E-state index >= 15 is 0 Å². The van der Waals surface area contributed by atoms with E-state index in [2.05, 4.69) is 17.4 Å². The molecule has 1 aromatic heterocycles. The molecule has 5 heteroatoms. The summed E-state index contributed by atoms with van der Waals surface area (Å²) in [7, 11) is 0. The molecule has 21 heavy (non-hydrogen) atoms. The van der Waals surface area contributed by atoms with Gasteiger partial charge in [-0.3, -0.25) is 9.59 Å². The molecule has 0 fully saturated rings. The Kier molecular flexibility index (Phi) is 5.75. The highest BCUT2D eigenvalue weighted by Gasteiger charge is 2.06. The first-order valence-corrected chi connectivity index (χ1v) is 8.00. The van der Waals surface area contributed by atoms with Crippen molar-refractivity contribution in [3.8, 4) is 0 Å². The first-order chi connectivity index (χ1) is 10.2. The quantitative estimate of drug-likeness (QED) is 0.798. The maximum atomic E-state index is 11.7. The summed E-state index contributed by atoms with van der Waals surface area (Å²) in [4.78, 5) is 23.3. The number of nitrogens with zero attached hydrogens (tertiary/aromatic N) is 1. The van der Waals surface area contributed by atoms with Crippen LogP contribution < -0.4 is 10.2 Å². The lowest BCUT2D eigenvalue weighted by Gasteiger charge is -2.06. The fraction of sp³-hybridized carbons (Fsp3) is 0.375. The normalized spacial score (nSPS) is 10.5. The van der Waals surface area contributed by atoms with Gasteiger partial charge in [-0.1, -0.05) is 41.7 Å². The Labute approximate surface area is 128 Å². The number of nitrogens with one attached hydrogen (secondary N) is 1. The summed E-state index contributed by atoms with van der Waals surface area (Å²) in [6, 6.07) is 10.2. The zero-order valence-electron chi connectivity index (χ0n) is 12.2. The maximum Gasteiger partial charge on any atom is 0.307 e. The second kappa shape index (κ2) is 7.78. The van der Waals surface area contributed by atoms with Crippen molar-refractivity contribution in [2.75, 3.05) is 6.54 Å². The molecule has 0 atom stereocenters. The van der Waals surface area contributed by atoms with Gasteiger partial charge in [-0.05, 0) is 25.3 Å². The fourth-order valence-corrected chi connectivity index (χ4v) is 2.90. The van der Waals surface area contributed by atoms with Gasteiger partial charge in [0.1, 0.15) is 0 Å². The number of aromatic nitrogens is 1. The van der Waals surface area contributed by atoms with Crippen molar-refractivity contribution in [3.63, 3.8) is 0 Å². The Morgan fingerprint density at radius 3 is 2.71 bits per heavy atom. The highest BCUT2D eigenvalue weighted by Crippen LogP contribution is 2.02. The molecule has 1 amide bonds. The number of carbonyl (C=O) groups excluding carboxylic acids is 1. The molecule has 0 aliphatic rings. The van der Waals surface area contributed by atoms with Crippen LogP contribution in [0.15, 0.2) is 40.5 Å². The molecule has 1 aromatic carbocycles. The number of benzene rings is 1. The van der Waals surface area contributed by atoms with Crippen molar-refractivity contribution < 1.29 is 4.79 Å². The van der Waals surface area contributed by atoms with E-state index in [1.165, 1.54) is 16.9 Å². The van der Waals surface area contributed by atoms with Crippen LogP contribution in [0.3, 0.4) is 0 Å². The number of thiazole rings is 1. The van der Waals surface area contributed by atoms with Gasteiger partial charge in [-0.25, -0.2) is 0 Å². The van der Waals surface area contributed by atoms with Gasteiger partial charge >= 0.3 is 4.87 Å². The molecule has 0 saturated carbocycles. The van der Waals surface area contributed by atoms with E-state index in [1.807, 2.05) is 30.5 Å². The lowest BCUT2D eigenvalue weighted by atomic mass is 10.1. The summed E-state index contributed by atoms with van der Waals surface area (Å²) >= 11 is 1.18. The van der Waals surface area contributed by atoms with E-state index in [1.54, 1.807) is 4.57 Å². The molecular formula is C16H20N2O2S. The Balaban J connectivity index is 1.65. The SMILES string of the molecule is Cc1csc(=O)n1CCC(=O)NCCCc1ccccc1. The predicted molar refractivity (Wildman–Crippen MR) is 85.7 cm³/mol. The molecule has 0 unspecified atom stereocenters. The van der Waals surface area contributed by atoms with Gasteiger partial charge in [0.2, 0.25) is 5.91 Å². The molecule has 0 radical (unpaired) electrons. The lowest BCUT2D eigenvalue weighted by Crippen LogP contribution is -2.27. The maximum absolute atomic E-state index is 11.7. The fourth-order valence-electron chi connectivity index (χ4n) is 2.14. The number of hydrogen-bond donors (Lipinski definition) is 1. The predicted octanol–water partition coefficient (Wildman–Crippen LogP) is 2.36. The Morgan fingerprint density at radius 1 is 1.29 bits per heavy atom. The van der Waals surface area contributed by atoms with E-state index in [-0.39, 0.29) is 10.8 Å². The molecule has 0 saturated heterocycles. The van der Waals surface area contributed by atoms with Crippen LogP contribution in [0.5, 0.6) is 0 Å². The summed E-state index contributed by atoms with van der Waals surface area (Å²) in [6.45, 7) is 3.01. The van der Waals surface area contributed by atoms with Crippen molar-refractivity contribution in [3.05, 3.63) is 56.6 Å². The zero-order chi connectivity index (χ0) is 15.1. The number of aryl methyl sites for hydroxylation is 2. The average molecular weight is 304 g/mol. The van der Waals surface area contributed by atoms with Crippen LogP contribution in [0, 0.1) is 6.92 Å². The summed E-state index contributed by atoms with van der Waals surface area (Å²) in [6.07, 6.45) is 2.24. The topological polar surface area (TPSA) is 51.1 Å². The number of amides is 1. The van der Waals surface area contributed by atoms with E-state index in [0.29, 0.717) is 19.5 Å². The number of rotatable bonds is 7. The van der Waals surface area contributed by atoms with Crippen LogP contribution in [0.25, 0.3) is 0 Å². The van der Waals surface area contributed by atoms with Crippen molar-refractivity contribution >= 4 is 17.2 Å². The van der Waals surface area contributed by atoms with Crippen molar-refractivity contribution in [1.82, 2.24) is 9.88 Å².